The fraction of sp³-hybridized carbons (Fsp3) is 0.429. The van der Waals surface area contributed by atoms with Crippen molar-refractivity contribution in [3.8, 4) is 0 Å². The lowest BCUT2D eigenvalue weighted by molar-refractivity contribution is 0.0401. The summed E-state index contributed by atoms with van der Waals surface area (Å²) in [6.45, 7) is 10.5. The van der Waals surface area contributed by atoms with Crippen molar-refractivity contribution in [2.45, 2.75) is 59.7 Å². The van der Waals surface area contributed by atoms with Crippen LogP contribution in [0.1, 0.15) is 53.0 Å². The molecule has 1 heterocycles. The van der Waals surface area contributed by atoms with Crippen molar-refractivity contribution in [3.63, 3.8) is 0 Å². The van der Waals surface area contributed by atoms with E-state index in [2.05, 4.69) is 5.32 Å². The predicted molar refractivity (Wildman–Crippen MR) is 103 cm³/mol. The molecule has 0 atom stereocenters. The Morgan fingerprint density at radius 1 is 0.821 bits per heavy atom. The first-order chi connectivity index (χ1) is 13.2. The number of benzene rings is 1. The van der Waals surface area contributed by atoms with Crippen molar-refractivity contribution in [3.05, 3.63) is 58.8 Å². The predicted octanol–water partition coefficient (Wildman–Crippen LogP) is 4.96. The minimum atomic E-state index is -0.823. The lowest BCUT2D eigenvalue weighted by Crippen LogP contribution is -2.30. The fourth-order valence-corrected chi connectivity index (χ4v) is 2.79. The zero-order chi connectivity index (χ0) is 20.8. The van der Waals surface area contributed by atoms with E-state index in [9.17, 15) is 9.59 Å². The van der Waals surface area contributed by atoms with Crippen LogP contribution in [0.4, 0.5) is 9.59 Å². The molecule has 0 amide bonds. The molecule has 0 radical (unpaired) electrons. The summed E-state index contributed by atoms with van der Waals surface area (Å²) >= 11 is 0. The van der Waals surface area contributed by atoms with Crippen molar-refractivity contribution in [2.24, 2.45) is 0 Å². The number of rotatable bonds is 5. The second-order valence-electron chi connectivity index (χ2n) is 6.98. The molecular formula is C21H27NO6. The van der Waals surface area contributed by atoms with Gasteiger partial charge in [-0.3, -0.25) is 0 Å². The van der Waals surface area contributed by atoms with Gasteiger partial charge in [-0.05, 0) is 47.1 Å². The maximum Gasteiger partial charge on any atom is 0.513 e. The molecule has 2 rings (SSSR count). The zero-order valence-corrected chi connectivity index (χ0v) is 17.1. The van der Waals surface area contributed by atoms with Gasteiger partial charge in [-0.2, -0.15) is 0 Å². The molecule has 7 nitrogen and oxygen atoms in total. The average molecular weight is 389 g/mol. The van der Waals surface area contributed by atoms with Crippen molar-refractivity contribution >= 4 is 12.3 Å². The zero-order valence-electron chi connectivity index (χ0n) is 17.1. The SMILES string of the molecule is CC1=C(OC(=O)OC(C)C)C(c2ccccc2)C(OC(=O)OC(C)C)=C(C)N1. The van der Waals surface area contributed by atoms with E-state index in [4.69, 9.17) is 18.9 Å². The van der Waals surface area contributed by atoms with Crippen molar-refractivity contribution in [2.75, 3.05) is 0 Å². The van der Waals surface area contributed by atoms with Gasteiger partial charge in [-0.1, -0.05) is 30.3 Å². The van der Waals surface area contributed by atoms with E-state index in [-0.39, 0.29) is 12.2 Å². The third-order valence-electron chi connectivity index (χ3n) is 3.82. The highest BCUT2D eigenvalue weighted by atomic mass is 16.7. The number of carbonyl (C=O) groups is 2. The number of hydrogen-bond acceptors (Lipinski definition) is 7. The summed E-state index contributed by atoms with van der Waals surface area (Å²) in [7, 11) is 0. The van der Waals surface area contributed by atoms with Crippen LogP contribution in [0.3, 0.4) is 0 Å². The monoisotopic (exact) mass is 389 g/mol. The van der Waals surface area contributed by atoms with Crippen LogP contribution in [0.5, 0.6) is 0 Å². The van der Waals surface area contributed by atoms with E-state index in [0.717, 1.165) is 5.56 Å². The Labute approximate surface area is 165 Å². The summed E-state index contributed by atoms with van der Waals surface area (Å²) in [6, 6.07) is 9.32. The maximum atomic E-state index is 12.1. The van der Waals surface area contributed by atoms with Crippen LogP contribution in [0.25, 0.3) is 0 Å². The maximum absolute atomic E-state index is 12.1. The van der Waals surface area contributed by atoms with Gasteiger partial charge in [0.05, 0.1) is 23.6 Å². The van der Waals surface area contributed by atoms with Gasteiger partial charge in [0.15, 0.2) is 0 Å². The number of dihydropyridines is 1. The summed E-state index contributed by atoms with van der Waals surface area (Å²) < 4.78 is 21.2. The highest BCUT2D eigenvalue weighted by Gasteiger charge is 2.35. The Balaban J connectivity index is 2.41. The van der Waals surface area contributed by atoms with E-state index < -0.39 is 18.2 Å². The van der Waals surface area contributed by atoms with Crippen molar-refractivity contribution < 1.29 is 28.5 Å². The number of allylic oxidation sites excluding steroid dienone is 2. The van der Waals surface area contributed by atoms with Crippen molar-refractivity contribution in [1.29, 1.82) is 0 Å². The van der Waals surface area contributed by atoms with Crippen LogP contribution in [0.15, 0.2) is 53.2 Å². The Kier molecular flexibility index (Phi) is 7.09. The average Bonchev–Trinajstić information content (AvgIpc) is 2.58. The number of ether oxygens (including phenoxy) is 4. The molecule has 7 heteroatoms. The van der Waals surface area contributed by atoms with E-state index in [0.29, 0.717) is 22.9 Å². The fourth-order valence-electron chi connectivity index (χ4n) is 2.79. The molecule has 0 aromatic heterocycles. The molecule has 28 heavy (non-hydrogen) atoms. The van der Waals surface area contributed by atoms with Gasteiger partial charge in [0.25, 0.3) is 0 Å². The van der Waals surface area contributed by atoms with Gasteiger partial charge < -0.3 is 24.3 Å². The minimum Gasteiger partial charge on any atom is -0.431 e. The third kappa shape index (κ3) is 5.52. The Morgan fingerprint density at radius 3 is 1.64 bits per heavy atom. The molecule has 1 aromatic rings. The third-order valence-corrected chi connectivity index (χ3v) is 3.82. The molecule has 152 valence electrons. The smallest absolute Gasteiger partial charge is 0.431 e. The second-order valence-corrected chi connectivity index (χ2v) is 6.98. The van der Waals surface area contributed by atoms with E-state index >= 15 is 0 Å². The highest BCUT2D eigenvalue weighted by molar-refractivity contribution is 5.65. The number of hydrogen-bond donors (Lipinski definition) is 1. The molecule has 0 aliphatic carbocycles. The minimum absolute atomic E-state index is 0.301. The molecule has 0 saturated heterocycles. The summed E-state index contributed by atoms with van der Waals surface area (Å²) in [5, 5.41) is 3.09. The van der Waals surface area contributed by atoms with Gasteiger partial charge in [0, 0.05) is 0 Å². The Hall–Kier alpha value is -2.96. The number of nitrogens with one attached hydrogen (secondary N) is 1. The molecule has 1 aliphatic rings. The lowest BCUT2D eigenvalue weighted by Gasteiger charge is -2.30. The topological polar surface area (TPSA) is 83.1 Å². The first-order valence-corrected chi connectivity index (χ1v) is 9.19. The normalized spacial score (nSPS) is 14.9. The van der Waals surface area contributed by atoms with Gasteiger partial charge >= 0.3 is 12.3 Å². The van der Waals surface area contributed by atoms with E-state index in [1.54, 1.807) is 41.5 Å². The highest BCUT2D eigenvalue weighted by Crippen LogP contribution is 2.39. The van der Waals surface area contributed by atoms with Gasteiger partial charge in [-0.25, -0.2) is 9.59 Å². The van der Waals surface area contributed by atoms with E-state index in [1.165, 1.54) is 0 Å². The summed E-state index contributed by atoms with van der Waals surface area (Å²) in [4.78, 5) is 24.3. The molecule has 0 spiro atoms. The molecule has 0 bridgehead atoms. The second kappa shape index (κ2) is 9.30. The van der Waals surface area contributed by atoms with Crippen LogP contribution in [0, 0.1) is 0 Å². The summed E-state index contributed by atoms with van der Waals surface area (Å²) in [6.07, 6.45) is -2.30. The molecule has 1 N–H and O–H groups in total. The molecule has 0 saturated carbocycles. The Morgan fingerprint density at radius 2 is 1.25 bits per heavy atom. The molecule has 0 unspecified atom stereocenters. The number of carbonyl (C=O) groups excluding carboxylic acids is 2. The molecule has 1 aliphatic heterocycles. The van der Waals surface area contributed by atoms with Crippen LogP contribution < -0.4 is 5.32 Å². The molecular weight excluding hydrogens is 362 g/mol. The van der Waals surface area contributed by atoms with Gasteiger partial charge in [-0.15, -0.1) is 0 Å². The van der Waals surface area contributed by atoms with Gasteiger partial charge in [0.1, 0.15) is 17.4 Å². The summed E-state index contributed by atoms with van der Waals surface area (Å²) in [5.41, 5.74) is 2.04. The first kappa shape index (κ1) is 21.3. The van der Waals surface area contributed by atoms with Crippen LogP contribution in [-0.2, 0) is 18.9 Å². The van der Waals surface area contributed by atoms with Crippen LogP contribution >= 0.6 is 0 Å². The standard InChI is InChI=1S/C21H27NO6/c1-12(2)25-20(23)27-18-14(5)22-15(6)19(28-21(24)26-13(3)4)17(18)16-10-8-7-9-11-16/h7-13,17,22H,1-6H3. The molecule has 0 fully saturated rings. The Bertz CT molecular complexity index is 733. The first-order valence-electron chi connectivity index (χ1n) is 9.19. The summed E-state index contributed by atoms with van der Waals surface area (Å²) in [5.74, 6) is -0.00790. The molecule has 1 aromatic carbocycles. The van der Waals surface area contributed by atoms with Crippen LogP contribution in [0.2, 0.25) is 0 Å². The van der Waals surface area contributed by atoms with E-state index in [1.807, 2.05) is 30.3 Å². The quantitative estimate of drug-likeness (QED) is 0.713. The van der Waals surface area contributed by atoms with Crippen molar-refractivity contribution in [1.82, 2.24) is 5.32 Å². The largest absolute Gasteiger partial charge is 0.513 e. The van der Waals surface area contributed by atoms with Gasteiger partial charge in [0.2, 0.25) is 0 Å². The van der Waals surface area contributed by atoms with Crippen LogP contribution in [-0.4, -0.2) is 24.5 Å². The lowest BCUT2D eigenvalue weighted by atomic mass is 9.90.